The second kappa shape index (κ2) is 7.34. The van der Waals surface area contributed by atoms with Gasteiger partial charge >= 0.3 is 5.97 Å². The maximum atomic E-state index is 11.3. The molecule has 2 heterocycles. The molecule has 1 unspecified atom stereocenters. The molecule has 1 aliphatic rings. The zero-order valence-corrected chi connectivity index (χ0v) is 14.4. The molecule has 0 radical (unpaired) electrons. The lowest BCUT2D eigenvalue weighted by molar-refractivity contribution is -0.139. The first-order chi connectivity index (χ1) is 11.6. The number of carboxylic acid groups (broad SMARTS) is 1. The van der Waals surface area contributed by atoms with Crippen LogP contribution in [0.3, 0.4) is 0 Å². The third-order valence-electron chi connectivity index (χ3n) is 4.90. The van der Waals surface area contributed by atoms with E-state index in [9.17, 15) is 9.90 Å². The molecule has 0 aliphatic carbocycles. The van der Waals surface area contributed by atoms with Crippen molar-refractivity contribution in [2.75, 3.05) is 6.54 Å². The number of nitrogens with zero attached hydrogens (tertiary/aromatic N) is 1. The van der Waals surface area contributed by atoms with Gasteiger partial charge in [0.1, 0.15) is 11.4 Å². The highest BCUT2D eigenvalue weighted by Crippen LogP contribution is 2.24. The van der Waals surface area contributed by atoms with E-state index in [4.69, 9.17) is 0 Å². The Morgan fingerprint density at radius 2 is 2.00 bits per heavy atom. The zero-order valence-electron chi connectivity index (χ0n) is 14.4. The molecule has 3 rings (SSSR count). The largest absolute Gasteiger partial charge is 0.480 e. The van der Waals surface area contributed by atoms with Gasteiger partial charge in [-0.1, -0.05) is 45.1 Å². The molecule has 1 saturated heterocycles. The fraction of sp³-hybridized carbons (Fsp3) is 0.579. The number of rotatable bonds is 10. The number of carboxylic acids is 1. The molecule has 1 aliphatic heterocycles. The topological polar surface area (TPSA) is 87.9 Å². The Morgan fingerprint density at radius 1 is 1.25 bits per heavy atom. The number of nitrogens with one attached hydrogen (secondary N) is 2. The molecule has 0 spiro atoms. The normalized spacial score (nSPS) is 19.7. The van der Waals surface area contributed by atoms with Crippen molar-refractivity contribution >= 4 is 17.0 Å². The summed E-state index contributed by atoms with van der Waals surface area (Å²) >= 11 is 0. The number of hydrogen-bond donors (Lipinski definition) is 3. The van der Waals surface area contributed by atoms with E-state index in [1.165, 1.54) is 44.1 Å². The van der Waals surface area contributed by atoms with Crippen molar-refractivity contribution < 1.29 is 9.90 Å². The van der Waals surface area contributed by atoms with Gasteiger partial charge in [0, 0.05) is 13.0 Å². The molecule has 3 N–H and O–H groups in total. The summed E-state index contributed by atoms with van der Waals surface area (Å²) in [5.41, 5.74) is 2.44. The van der Waals surface area contributed by atoms with Gasteiger partial charge < -0.3 is 10.1 Å². The van der Waals surface area contributed by atoms with E-state index in [1.54, 1.807) is 0 Å². The lowest BCUT2D eigenvalue weighted by Gasteiger charge is -2.04. The Hall–Kier alpha value is -1.88. The molecule has 1 fully saturated rings. The van der Waals surface area contributed by atoms with Crippen LogP contribution in [0.5, 0.6) is 0 Å². The maximum absolute atomic E-state index is 11.3. The van der Waals surface area contributed by atoms with Crippen LogP contribution in [0.15, 0.2) is 18.2 Å². The first kappa shape index (κ1) is 17.0. The fourth-order valence-corrected chi connectivity index (χ4v) is 3.20. The van der Waals surface area contributed by atoms with Gasteiger partial charge in [-0.15, -0.1) is 0 Å². The molecule has 1 atom stereocenters. The zero-order chi connectivity index (χ0) is 17.0. The monoisotopic (exact) mass is 329 g/mol. The number of aliphatic carboxylic acids is 1. The van der Waals surface area contributed by atoms with Gasteiger partial charge in [-0.2, -0.15) is 0 Å². The van der Waals surface area contributed by atoms with Gasteiger partial charge in [0.05, 0.1) is 11.0 Å². The summed E-state index contributed by atoms with van der Waals surface area (Å²) in [4.78, 5) is 19.1. The van der Waals surface area contributed by atoms with Gasteiger partial charge in [-0.05, 0) is 30.5 Å². The summed E-state index contributed by atoms with van der Waals surface area (Å²) in [5, 5.41) is 12.2. The van der Waals surface area contributed by atoms with Gasteiger partial charge in [0.25, 0.3) is 0 Å². The number of imidazole rings is 1. The highest BCUT2D eigenvalue weighted by atomic mass is 16.4. The molecule has 130 valence electrons. The molecule has 1 aromatic carbocycles. The van der Waals surface area contributed by atoms with Crippen LogP contribution >= 0.6 is 0 Å². The number of H-pyrrole nitrogens is 1. The van der Waals surface area contributed by atoms with E-state index in [0.29, 0.717) is 13.0 Å². The molecule has 2 aromatic rings. The average molecular weight is 329 g/mol. The van der Waals surface area contributed by atoms with Gasteiger partial charge in [-0.3, -0.25) is 10.1 Å². The van der Waals surface area contributed by atoms with Crippen LogP contribution in [0.4, 0.5) is 0 Å². The Bertz CT molecular complexity index is 704. The molecule has 5 nitrogen and oxygen atoms in total. The molecular formula is C19H27N3O2. The van der Waals surface area contributed by atoms with Crippen molar-refractivity contribution in [3.8, 4) is 0 Å². The van der Waals surface area contributed by atoms with Crippen LogP contribution in [0.1, 0.15) is 56.8 Å². The van der Waals surface area contributed by atoms with E-state index in [1.807, 2.05) is 6.07 Å². The maximum Gasteiger partial charge on any atom is 0.325 e. The van der Waals surface area contributed by atoms with E-state index in [2.05, 4.69) is 34.3 Å². The number of hydrogen-bond acceptors (Lipinski definition) is 3. The van der Waals surface area contributed by atoms with Crippen LogP contribution in [0, 0.1) is 0 Å². The number of carbonyl (C=O) groups is 1. The molecule has 0 amide bonds. The van der Waals surface area contributed by atoms with E-state index < -0.39 is 11.5 Å². The van der Waals surface area contributed by atoms with Gasteiger partial charge in [0.2, 0.25) is 0 Å². The summed E-state index contributed by atoms with van der Waals surface area (Å²) in [6.07, 6.45) is 9.32. The lowest BCUT2D eigenvalue weighted by Crippen LogP contribution is -2.30. The molecule has 0 saturated carbocycles. The van der Waals surface area contributed by atoms with Crippen molar-refractivity contribution in [1.82, 2.24) is 15.3 Å². The number of aromatic nitrogens is 2. The average Bonchev–Trinajstić information content (AvgIpc) is 3.23. The second-order valence-corrected chi connectivity index (χ2v) is 6.97. The van der Waals surface area contributed by atoms with E-state index in [-0.39, 0.29) is 0 Å². The number of unbranched alkanes of at least 4 members (excludes halogenated alkanes) is 5. The summed E-state index contributed by atoms with van der Waals surface area (Å²) in [7, 11) is 0. The minimum atomic E-state index is -0.810. The molecule has 0 bridgehead atoms. The first-order valence-electron chi connectivity index (χ1n) is 9.09. The SMILES string of the molecule is CCCCCCCCc1ccc2nc(CC3(C(=O)O)CN3)[nH]c2c1. The highest BCUT2D eigenvalue weighted by molar-refractivity contribution is 5.83. The fourth-order valence-electron chi connectivity index (χ4n) is 3.20. The van der Waals surface area contributed by atoms with Crippen molar-refractivity contribution in [1.29, 1.82) is 0 Å². The Labute approximate surface area is 142 Å². The quantitative estimate of drug-likeness (QED) is 0.460. The molecule has 24 heavy (non-hydrogen) atoms. The predicted molar refractivity (Wildman–Crippen MR) is 95.2 cm³/mol. The molecular weight excluding hydrogens is 302 g/mol. The van der Waals surface area contributed by atoms with Crippen LogP contribution < -0.4 is 5.32 Å². The third-order valence-corrected chi connectivity index (χ3v) is 4.90. The smallest absolute Gasteiger partial charge is 0.325 e. The Morgan fingerprint density at radius 3 is 2.71 bits per heavy atom. The van der Waals surface area contributed by atoms with Crippen LogP contribution in [-0.2, 0) is 17.6 Å². The Kier molecular flexibility index (Phi) is 5.19. The van der Waals surface area contributed by atoms with E-state index >= 15 is 0 Å². The number of benzene rings is 1. The molecule has 5 heteroatoms. The van der Waals surface area contributed by atoms with Crippen molar-refractivity contribution in [3.63, 3.8) is 0 Å². The molecule has 1 aromatic heterocycles. The summed E-state index contributed by atoms with van der Waals surface area (Å²) in [6.45, 7) is 2.76. The summed E-state index contributed by atoms with van der Waals surface area (Å²) in [5.74, 6) is -0.0548. The van der Waals surface area contributed by atoms with Crippen LogP contribution in [-0.4, -0.2) is 33.1 Å². The van der Waals surface area contributed by atoms with Crippen molar-refractivity contribution in [3.05, 3.63) is 29.6 Å². The lowest BCUT2D eigenvalue weighted by atomic mass is 10.0. The summed E-state index contributed by atoms with van der Waals surface area (Å²) < 4.78 is 0. The second-order valence-electron chi connectivity index (χ2n) is 6.97. The predicted octanol–water partition coefficient (Wildman–Crippen LogP) is 3.44. The minimum Gasteiger partial charge on any atom is -0.480 e. The van der Waals surface area contributed by atoms with Gasteiger partial charge in [-0.25, -0.2) is 4.98 Å². The Balaban J connectivity index is 1.57. The van der Waals surface area contributed by atoms with Crippen LogP contribution in [0.2, 0.25) is 0 Å². The van der Waals surface area contributed by atoms with E-state index in [0.717, 1.165) is 23.3 Å². The standard InChI is InChI=1S/C19H27N3O2/c1-2-3-4-5-6-7-8-14-9-10-15-16(11-14)22-17(21-15)12-19(13-20-19)18(23)24/h9-11,20H,2-8,12-13H2,1H3,(H,21,22)(H,23,24). The minimum absolute atomic E-state index is 0.407. The number of fused-ring (bicyclic) bond motifs is 1. The number of aryl methyl sites for hydroxylation is 1. The van der Waals surface area contributed by atoms with Crippen molar-refractivity contribution in [2.24, 2.45) is 0 Å². The number of aromatic amines is 1. The third kappa shape index (κ3) is 3.96. The first-order valence-corrected chi connectivity index (χ1v) is 9.09. The van der Waals surface area contributed by atoms with Crippen LogP contribution in [0.25, 0.3) is 11.0 Å². The highest BCUT2D eigenvalue weighted by Gasteiger charge is 2.50. The summed E-state index contributed by atoms with van der Waals surface area (Å²) in [6, 6.07) is 6.34. The van der Waals surface area contributed by atoms with Crippen molar-refractivity contribution in [2.45, 2.75) is 63.8 Å². The van der Waals surface area contributed by atoms with Gasteiger partial charge in [0.15, 0.2) is 0 Å².